The van der Waals surface area contributed by atoms with Crippen LogP contribution in [0.3, 0.4) is 0 Å². The molecule has 0 radical (unpaired) electrons. The van der Waals surface area contributed by atoms with Crippen molar-refractivity contribution in [2.45, 2.75) is 88.0 Å². The zero-order valence-corrected chi connectivity index (χ0v) is 24.3. The van der Waals surface area contributed by atoms with Gasteiger partial charge in [-0.25, -0.2) is 4.79 Å². The quantitative estimate of drug-likeness (QED) is 0.516. The number of ether oxygens (including phenoxy) is 5. The number of methoxy groups -OCH3 is 1. The molecule has 206 valence electrons. The summed E-state index contributed by atoms with van der Waals surface area (Å²) < 4.78 is 32.4. The van der Waals surface area contributed by atoms with E-state index in [2.05, 4.69) is 53.0 Å². The largest absolute Gasteiger partial charge is 0.475 e. The minimum atomic E-state index is -1.03. The van der Waals surface area contributed by atoms with Gasteiger partial charge in [0.15, 0.2) is 17.5 Å². The van der Waals surface area contributed by atoms with Gasteiger partial charge >= 0.3 is 5.97 Å². The molecule has 9 heteroatoms. The molecule has 4 heterocycles. The Bertz CT molecular complexity index is 1540. The summed E-state index contributed by atoms with van der Waals surface area (Å²) in [6, 6.07) is 6.37. The fraction of sp³-hybridized carbons (Fsp3) is 0.600. The predicted octanol–water partition coefficient (Wildman–Crippen LogP) is 4.62. The van der Waals surface area contributed by atoms with Gasteiger partial charge in [-0.2, -0.15) is 0 Å². The van der Waals surface area contributed by atoms with Gasteiger partial charge in [0.25, 0.3) is 0 Å². The van der Waals surface area contributed by atoms with Crippen molar-refractivity contribution in [3.05, 3.63) is 45.3 Å². The number of carbonyl (C=O) groups is 2. The monoisotopic (exact) mass is 597 g/mol. The lowest BCUT2D eigenvalue weighted by Crippen LogP contribution is -2.79. The molecule has 3 aliphatic carbocycles. The number of esters is 1. The first-order valence-electron chi connectivity index (χ1n) is 13.8. The highest BCUT2D eigenvalue weighted by atomic mass is 79.9. The van der Waals surface area contributed by atoms with E-state index in [1.807, 2.05) is 13.8 Å². The molecule has 2 saturated carbocycles. The van der Waals surface area contributed by atoms with Gasteiger partial charge in [0.2, 0.25) is 11.6 Å². The van der Waals surface area contributed by atoms with Crippen LogP contribution in [0.1, 0.15) is 58.2 Å². The number of benzene rings is 1. The van der Waals surface area contributed by atoms with E-state index in [1.165, 1.54) is 23.8 Å². The van der Waals surface area contributed by atoms with Crippen molar-refractivity contribution in [1.82, 2.24) is 4.98 Å². The molecule has 0 amide bonds. The molecule has 1 aromatic heterocycles. The van der Waals surface area contributed by atoms with E-state index in [-0.39, 0.29) is 23.7 Å². The smallest absolute Gasteiger partial charge is 0.331 e. The van der Waals surface area contributed by atoms with E-state index < -0.39 is 40.6 Å². The average molecular weight is 598 g/mol. The molecule has 8 rings (SSSR count). The average Bonchev–Trinajstić information content (AvgIpc) is 3.45. The van der Waals surface area contributed by atoms with Crippen molar-refractivity contribution < 1.29 is 33.3 Å². The first-order chi connectivity index (χ1) is 18.4. The first-order valence-corrected chi connectivity index (χ1v) is 14.6. The number of fused-ring (bicyclic) bond motifs is 7. The Morgan fingerprint density at radius 1 is 1.21 bits per heavy atom. The number of hydrogen-bond acceptors (Lipinski definition) is 7. The van der Waals surface area contributed by atoms with Crippen LogP contribution in [0.25, 0.3) is 10.9 Å². The molecule has 0 unspecified atom stereocenters. The van der Waals surface area contributed by atoms with Gasteiger partial charge < -0.3 is 28.7 Å². The molecule has 1 aromatic carbocycles. The van der Waals surface area contributed by atoms with Crippen LogP contribution in [0.4, 0.5) is 0 Å². The standard InChI is InChI=1S/C30H32BrNO7/c1-26(2)25-21(34)22-23-29(38-25,39-26)9-8-27(3)28(4)14(11-19(30(23,27)37-22)36-13-20(33)35-5)10-17-16-12-15(31)6-7-18(16)32-24(17)28/h6-7,12,14,19,25,32H,8-11,13H2,1-5H3/t14-,19+,25+,27-,28-,29+,30-/m1/s1. The Hall–Kier alpha value is -2.20. The Morgan fingerprint density at radius 2 is 2.00 bits per heavy atom. The summed E-state index contributed by atoms with van der Waals surface area (Å²) >= 11 is 3.65. The summed E-state index contributed by atoms with van der Waals surface area (Å²) in [4.78, 5) is 29.7. The molecule has 3 fully saturated rings. The van der Waals surface area contributed by atoms with Crippen molar-refractivity contribution in [3.8, 4) is 0 Å². The van der Waals surface area contributed by atoms with Crippen LogP contribution in [0, 0.1) is 11.3 Å². The van der Waals surface area contributed by atoms with Crippen LogP contribution in [0.2, 0.25) is 0 Å². The molecule has 8 nitrogen and oxygen atoms in total. The highest BCUT2D eigenvalue weighted by molar-refractivity contribution is 9.10. The molecular formula is C30H32BrNO7. The fourth-order valence-electron chi connectivity index (χ4n) is 9.31. The van der Waals surface area contributed by atoms with Gasteiger partial charge in [-0.3, -0.25) is 4.79 Å². The molecular weight excluding hydrogens is 566 g/mol. The third-order valence-electron chi connectivity index (χ3n) is 11.2. The summed E-state index contributed by atoms with van der Waals surface area (Å²) in [6.45, 7) is 8.25. The van der Waals surface area contributed by atoms with Crippen LogP contribution in [-0.4, -0.2) is 59.7 Å². The lowest BCUT2D eigenvalue weighted by atomic mass is 9.40. The summed E-state index contributed by atoms with van der Waals surface area (Å²) in [7, 11) is 1.36. The lowest BCUT2D eigenvalue weighted by molar-refractivity contribution is -0.314. The third kappa shape index (κ3) is 2.54. The van der Waals surface area contributed by atoms with Crippen LogP contribution in [0.15, 0.2) is 34.0 Å². The summed E-state index contributed by atoms with van der Waals surface area (Å²) in [6.07, 6.45) is 1.74. The number of carbonyl (C=O) groups excluding carboxylic acids is 2. The molecule has 2 spiro atoms. The Kier molecular flexibility index (Phi) is 4.52. The van der Waals surface area contributed by atoms with E-state index in [0.29, 0.717) is 18.6 Å². The SMILES string of the molecule is COC(=O)CO[C@H]1C[C@H]2Cc3c([nH]c4ccc(Br)cc34)[C@]2(C)[C@@]2(C)CC[C@@]34O[C@@H](C(=O)C5=C3[C@]12O5)C(C)(C)O4. The zero-order valence-electron chi connectivity index (χ0n) is 22.7. The minimum absolute atomic E-state index is 0.167. The third-order valence-corrected chi connectivity index (χ3v) is 11.7. The Morgan fingerprint density at radius 3 is 2.77 bits per heavy atom. The van der Waals surface area contributed by atoms with Gasteiger partial charge in [-0.15, -0.1) is 0 Å². The second kappa shape index (κ2) is 7.16. The lowest BCUT2D eigenvalue weighted by Gasteiger charge is -2.72. The maximum absolute atomic E-state index is 13.6. The Labute approximate surface area is 234 Å². The van der Waals surface area contributed by atoms with Crippen LogP contribution in [-0.2, 0) is 45.1 Å². The number of aromatic nitrogens is 1. The van der Waals surface area contributed by atoms with Gasteiger partial charge in [-0.1, -0.05) is 29.8 Å². The predicted molar refractivity (Wildman–Crippen MR) is 143 cm³/mol. The molecule has 2 bridgehead atoms. The summed E-state index contributed by atoms with van der Waals surface area (Å²) in [5.74, 6) is -1.02. The fourth-order valence-corrected chi connectivity index (χ4v) is 9.67. The van der Waals surface area contributed by atoms with Crippen molar-refractivity contribution >= 4 is 38.6 Å². The molecule has 3 aliphatic heterocycles. The molecule has 2 aromatic rings. The maximum Gasteiger partial charge on any atom is 0.331 e. The first kappa shape index (κ1) is 24.6. The number of rotatable bonds is 3. The van der Waals surface area contributed by atoms with E-state index in [4.69, 9.17) is 23.7 Å². The number of hydrogen-bond donors (Lipinski definition) is 1. The van der Waals surface area contributed by atoms with Crippen LogP contribution in [0.5, 0.6) is 0 Å². The molecule has 7 atom stereocenters. The van der Waals surface area contributed by atoms with Gasteiger partial charge in [-0.05, 0) is 62.8 Å². The van der Waals surface area contributed by atoms with Crippen LogP contribution < -0.4 is 0 Å². The van der Waals surface area contributed by atoms with Crippen molar-refractivity contribution in [3.63, 3.8) is 0 Å². The van der Waals surface area contributed by atoms with E-state index >= 15 is 0 Å². The second-order valence-corrected chi connectivity index (χ2v) is 14.0. The van der Waals surface area contributed by atoms with Crippen molar-refractivity contribution in [2.75, 3.05) is 13.7 Å². The topological polar surface area (TPSA) is 96.1 Å². The number of H-pyrrole nitrogens is 1. The van der Waals surface area contributed by atoms with Crippen LogP contribution >= 0.6 is 15.9 Å². The number of halogens is 1. The normalized spacial score (nSPS) is 42.3. The Balaban J connectivity index is 1.34. The second-order valence-electron chi connectivity index (χ2n) is 13.1. The van der Waals surface area contributed by atoms with E-state index in [9.17, 15) is 9.59 Å². The molecule has 39 heavy (non-hydrogen) atoms. The molecule has 1 saturated heterocycles. The molecule has 6 aliphatic rings. The number of Topliss-reactive ketones (excluding diaryl/α,β-unsaturated/α-hetero) is 1. The zero-order chi connectivity index (χ0) is 27.3. The summed E-state index contributed by atoms with van der Waals surface area (Å²) in [5, 5.41) is 1.22. The highest BCUT2D eigenvalue weighted by Gasteiger charge is 2.84. The number of ketones is 1. The van der Waals surface area contributed by atoms with Crippen molar-refractivity contribution in [2.24, 2.45) is 11.3 Å². The number of nitrogens with one attached hydrogen (secondary N) is 1. The minimum Gasteiger partial charge on any atom is -0.475 e. The maximum atomic E-state index is 13.6. The van der Waals surface area contributed by atoms with Gasteiger partial charge in [0.05, 0.1) is 12.7 Å². The van der Waals surface area contributed by atoms with E-state index in [1.54, 1.807) is 0 Å². The summed E-state index contributed by atoms with van der Waals surface area (Å²) in [5.41, 5.74) is 1.89. The van der Waals surface area contributed by atoms with Gasteiger partial charge in [0.1, 0.15) is 18.3 Å². The molecule has 1 N–H and O–H groups in total. The van der Waals surface area contributed by atoms with Crippen molar-refractivity contribution in [1.29, 1.82) is 0 Å². The number of aromatic amines is 1. The van der Waals surface area contributed by atoms with Gasteiger partial charge in [0, 0.05) is 38.3 Å². The highest BCUT2D eigenvalue weighted by Crippen LogP contribution is 2.77. The van der Waals surface area contributed by atoms with E-state index in [0.717, 1.165) is 28.4 Å².